The third-order valence-corrected chi connectivity index (χ3v) is 5.40. The van der Waals surface area contributed by atoms with Gasteiger partial charge >= 0.3 is 6.03 Å². The van der Waals surface area contributed by atoms with Crippen LogP contribution >= 0.6 is 0 Å². The van der Waals surface area contributed by atoms with Gasteiger partial charge in [0.1, 0.15) is 12.1 Å². The van der Waals surface area contributed by atoms with Crippen LogP contribution in [0.1, 0.15) is 48.9 Å². The van der Waals surface area contributed by atoms with E-state index in [2.05, 4.69) is 24.5 Å². The van der Waals surface area contributed by atoms with Crippen molar-refractivity contribution in [1.82, 2.24) is 10.2 Å². The maximum Gasteiger partial charge on any atom is 0.325 e. The smallest absolute Gasteiger partial charge is 0.324 e. The quantitative estimate of drug-likeness (QED) is 0.758. The minimum Gasteiger partial charge on any atom is -0.324 e. The van der Waals surface area contributed by atoms with E-state index < -0.39 is 23.4 Å². The van der Waals surface area contributed by atoms with Gasteiger partial charge < -0.3 is 10.6 Å². The molecule has 1 aliphatic heterocycles. The molecule has 1 heterocycles. The lowest BCUT2D eigenvalue weighted by atomic mass is 9.90. The van der Waals surface area contributed by atoms with Crippen molar-refractivity contribution >= 4 is 23.5 Å². The van der Waals surface area contributed by atoms with Gasteiger partial charge in [0, 0.05) is 5.69 Å². The molecule has 0 aliphatic carbocycles. The van der Waals surface area contributed by atoms with Gasteiger partial charge in [0.2, 0.25) is 5.91 Å². The molecule has 29 heavy (non-hydrogen) atoms. The number of imide groups is 1. The highest BCUT2D eigenvalue weighted by Gasteiger charge is 2.49. The first-order valence-electron chi connectivity index (χ1n) is 9.73. The van der Waals surface area contributed by atoms with Crippen LogP contribution in [0, 0.1) is 13.8 Å². The molecule has 3 rings (SSSR count). The summed E-state index contributed by atoms with van der Waals surface area (Å²) >= 11 is 0. The molecule has 2 N–H and O–H groups in total. The third-order valence-electron chi connectivity index (χ3n) is 5.40. The van der Waals surface area contributed by atoms with Crippen molar-refractivity contribution in [3.8, 4) is 0 Å². The normalized spacial score (nSPS) is 18.9. The number of aryl methyl sites for hydroxylation is 2. The third kappa shape index (κ3) is 4.01. The highest BCUT2D eigenvalue weighted by molar-refractivity contribution is 6.10. The van der Waals surface area contributed by atoms with E-state index in [0.717, 1.165) is 21.6 Å². The molecule has 0 saturated carbocycles. The summed E-state index contributed by atoms with van der Waals surface area (Å²) in [5.41, 5.74) is 3.26. The predicted molar refractivity (Wildman–Crippen MR) is 113 cm³/mol. The van der Waals surface area contributed by atoms with Crippen LogP contribution in [0.4, 0.5) is 10.5 Å². The van der Waals surface area contributed by atoms with E-state index in [1.54, 1.807) is 6.92 Å². The molecule has 4 amide bonds. The zero-order valence-electron chi connectivity index (χ0n) is 17.5. The molecule has 2 aromatic carbocycles. The molecule has 6 heteroatoms. The van der Waals surface area contributed by atoms with Crippen molar-refractivity contribution in [2.75, 3.05) is 11.9 Å². The Morgan fingerprint density at radius 1 is 1.10 bits per heavy atom. The van der Waals surface area contributed by atoms with Gasteiger partial charge in [-0.1, -0.05) is 50.2 Å². The topological polar surface area (TPSA) is 78.5 Å². The van der Waals surface area contributed by atoms with E-state index in [4.69, 9.17) is 0 Å². The molecule has 0 aromatic heterocycles. The van der Waals surface area contributed by atoms with Crippen molar-refractivity contribution < 1.29 is 14.4 Å². The van der Waals surface area contributed by atoms with Gasteiger partial charge in [-0.25, -0.2) is 4.79 Å². The van der Waals surface area contributed by atoms with Crippen molar-refractivity contribution in [2.24, 2.45) is 0 Å². The van der Waals surface area contributed by atoms with Crippen LogP contribution in [-0.4, -0.2) is 29.3 Å². The van der Waals surface area contributed by atoms with Crippen molar-refractivity contribution in [1.29, 1.82) is 0 Å². The van der Waals surface area contributed by atoms with Gasteiger partial charge in [-0.05, 0) is 55.0 Å². The van der Waals surface area contributed by atoms with Crippen LogP contribution in [0.3, 0.4) is 0 Å². The number of urea groups is 1. The molecule has 1 atom stereocenters. The second-order valence-electron chi connectivity index (χ2n) is 8.09. The van der Waals surface area contributed by atoms with Crippen LogP contribution in [0.5, 0.6) is 0 Å². The average molecular weight is 393 g/mol. The number of hydrogen-bond acceptors (Lipinski definition) is 3. The highest BCUT2D eigenvalue weighted by atomic mass is 16.2. The summed E-state index contributed by atoms with van der Waals surface area (Å²) in [7, 11) is 0. The standard InChI is InChI=1S/C23H27N3O3/c1-14(2)17-8-10-18(11-9-17)23(5)21(28)26(22(29)25-23)13-20(27)24-19-12-15(3)6-7-16(19)4/h6-12,14H,13H2,1-5H3,(H,24,27)(H,25,29)/t23-/m0/s1. The Morgan fingerprint density at radius 3 is 2.38 bits per heavy atom. The molecule has 152 valence electrons. The molecule has 0 spiro atoms. The fraction of sp³-hybridized carbons (Fsp3) is 0.348. The van der Waals surface area contributed by atoms with Crippen molar-refractivity contribution in [3.05, 3.63) is 64.7 Å². The van der Waals surface area contributed by atoms with Crippen LogP contribution in [0.15, 0.2) is 42.5 Å². The Bertz CT molecular complexity index is 966. The Labute approximate surface area is 171 Å². The number of nitrogens with one attached hydrogen (secondary N) is 2. The number of anilines is 1. The van der Waals surface area contributed by atoms with Crippen LogP contribution in [0.2, 0.25) is 0 Å². The number of nitrogens with zero attached hydrogens (tertiary/aromatic N) is 1. The number of rotatable bonds is 5. The lowest BCUT2D eigenvalue weighted by Gasteiger charge is -2.23. The lowest BCUT2D eigenvalue weighted by Crippen LogP contribution is -2.42. The molecule has 0 bridgehead atoms. The monoisotopic (exact) mass is 393 g/mol. The van der Waals surface area contributed by atoms with Crippen LogP contribution in [0.25, 0.3) is 0 Å². The molecule has 1 saturated heterocycles. The molecular weight excluding hydrogens is 366 g/mol. The minimum atomic E-state index is -1.19. The summed E-state index contributed by atoms with van der Waals surface area (Å²) in [5.74, 6) is -0.478. The minimum absolute atomic E-state index is 0.336. The Hall–Kier alpha value is -3.15. The summed E-state index contributed by atoms with van der Waals surface area (Å²) in [5, 5.41) is 5.54. The summed E-state index contributed by atoms with van der Waals surface area (Å²) in [4.78, 5) is 39.0. The first-order chi connectivity index (χ1) is 13.6. The zero-order chi connectivity index (χ0) is 21.3. The summed E-state index contributed by atoms with van der Waals surface area (Å²) in [6.07, 6.45) is 0. The van der Waals surface area contributed by atoms with Gasteiger partial charge in [-0.3, -0.25) is 14.5 Å². The molecule has 6 nitrogen and oxygen atoms in total. The number of benzene rings is 2. The predicted octanol–water partition coefficient (Wildman–Crippen LogP) is 3.83. The highest BCUT2D eigenvalue weighted by Crippen LogP contribution is 2.30. The van der Waals surface area contributed by atoms with E-state index in [1.807, 2.05) is 56.3 Å². The Kier molecular flexibility index (Phi) is 5.46. The lowest BCUT2D eigenvalue weighted by molar-refractivity contribution is -0.133. The summed E-state index contributed by atoms with van der Waals surface area (Å²) in [6, 6.07) is 12.8. The van der Waals surface area contributed by atoms with Gasteiger partial charge in [0.15, 0.2) is 0 Å². The number of carbonyl (C=O) groups excluding carboxylic acids is 3. The summed E-state index contributed by atoms with van der Waals surface area (Å²) < 4.78 is 0. The zero-order valence-corrected chi connectivity index (χ0v) is 17.5. The number of carbonyl (C=O) groups is 3. The maximum atomic E-state index is 13.0. The fourth-order valence-electron chi connectivity index (χ4n) is 3.44. The van der Waals surface area contributed by atoms with E-state index in [0.29, 0.717) is 17.2 Å². The van der Waals surface area contributed by atoms with E-state index in [-0.39, 0.29) is 6.54 Å². The second kappa shape index (κ2) is 7.70. The second-order valence-corrected chi connectivity index (χ2v) is 8.09. The van der Waals surface area contributed by atoms with Gasteiger partial charge in [0.25, 0.3) is 5.91 Å². The SMILES string of the molecule is Cc1ccc(C)c(NC(=O)CN2C(=O)N[C@@](C)(c3ccc(C(C)C)cc3)C2=O)c1. The average Bonchev–Trinajstić information content (AvgIpc) is 2.89. The van der Waals surface area contributed by atoms with Crippen LogP contribution < -0.4 is 10.6 Å². The van der Waals surface area contributed by atoms with E-state index >= 15 is 0 Å². The largest absolute Gasteiger partial charge is 0.325 e. The van der Waals surface area contributed by atoms with Gasteiger partial charge in [-0.2, -0.15) is 0 Å². The van der Waals surface area contributed by atoms with Gasteiger partial charge in [-0.15, -0.1) is 0 Å². The van der Waals surface area contributed by atoms with E-state index in [1.165, 1.54) is 0 Å². The van der Waals surface area contributed by atoms with Gasteiger partial charge in [0.05, 0.1) is 0 Å². The Morgan fingerprint density at radius 2 is 1.76 bits per heavy atom. The Balaban J connectivity index is 1.76. The molecular formula is C23H27N3O3. The van der Waals surface area contributed by atoms with E-state index in [9.17, 15) is 14.4 Å². The molecule has 1 fully saturated rings. The molecule has 1 aliphatic rings. The number of hydrogen-bond donors (Lipinski definition) is 2. The fourth-order valence-corrected chi connectivity index (χ4v) is 3.44. The first kappa shape index (κ1) is 20.6. The van der Waals surface area contributed by atoms with Crippen molar-refractivity contribution in [2.45, 2.75) is 46.1 Å². The van der Waals surface area contributed by atoms with Crippen LogP contribution in [-0.2, 0) is 15.1 Å². The molecule has 0 radical (unpaired) electrons. The van der Waals surface area contributed by atoms with Crippen molar-refractivity contribution in [3.63, 3.8) is 0 Å². The molecule has 0 unspecified atom stereocenters. The number of amides is 4. The molecule has 2 aromatic rings. The first-order valence-corrected chi connectivity index (χ1v) is 9.73. The maximum absolute atomic E-state index is 13.0. The summed E-state index contributed by atoms with van der Waals surface area (Å²) in [6.45, 7) is 9.34.